The van der Waals surface area contributed by atoms with Crippen LogP contribution >= 0.6 is 11.5 Å². The van der Waals surface area contributed by atoms with Crippen LogP contribution in [0.1, 0.15) is 35.3 Å². The highest BCUT2D eigenvalue weighted by Gasteiger charge is 2.24. The lowest BCUT2D eigenvalue weighted by Gasteiger charge is -2.09. The second-order valence-corrected chi connectivity index (χ2v) is 6.98. The van der Waals surface area contributed by atoms with Crippen molar-refractivity contribution in [1.82, 2.24) is 9.69 Å². The van der Waals surface area contributed by atoms with Crippen LogP contribution in [0.2, 0.25) is 0 Å². The molecular formula is C17H19F2N3O4S. The molecule has 0 saturated heterocycles. The second-order valence-electron chi connectivity index (χ2n) is 6.21. The number of aromatic carboxylic acids is 1. The SMILES string of the molecule is Cc1cc(F)c(COc2nsc(NC(=O)NCC(C)C)c2C(=O)O)cc1F. The Labute approximate surface area is 158 Å². The summed E-state index contributed by atoms with van der Waals surface area (Å²) in [5.74, 6) is -2.70. The van der Waals surface area contributed by atoms with Gasteiger partial charge in [-0.1, -0.05) is 13.8 Å². The van der Waals surface area contributed by atoms with E-state index in [0.717, 1.165) is 12.1 Å². The van der Waals surface area contributed by atoms with Crippen molar-refractivity contribution in [1.29, 1.82) is 0 Å². The fourth-order valence-electron chi connectivity index (χ4n) is 2.04. The number of urea groups is 1. The van der Waals surface area contributed by atoms with Gasteiger partial charge in [0.2, 0.25) is 5.88 Å². The minimum absolute atomic E-state index is 0.0192. The number of aryl methyl sites for hydroxylation is 1. The quantitative estimate of drug-likeness (QED) is 0.658. The number of carbonyl (C=O) groups excluding carboxylic acids is 1. The summed E-state index contributed by atoms with van der Waals surface area (Å²) < 4.78 is 36.6. The number of nitrogens with one attached hydrogen (secondary N) is 2. The molecule has 0 atom stereocenters. The van der Waals surface area contributed by atoms with Crippen molar-refractivity contribution >= 4 is 28.5 Å². The first-order valence-electron chi connectivity index (χ1n) is 8.04. The first-order chi connectivity index (χ1) is 12.7. The summed E-state index contributed by atoms with van der Waals surface area (Å²) in [4.78, 5) is 23.3. The number of ether oxygens (including phenoxy) is 1. The average Bonchev–Trinajstić information content (AvgIpc) is 2.97. The van der Waals surface area contributed by atoms with Crippen molar-refractivity contribution in [3.8, 4) is 5.88 Å². The fraction of sp³-hybridized carbons (Fsp3) is 0.353. The average molecular weight is 399 g/mol. The van der Waals surface area contributed by atoms with E-state index in [1.807, 2.05) is 13.8 Å². The lowest BCUT2D eigenvalue weighted by molar-refractivity contribution is 0.0693. The van der Waals surface area contributed by atoms with Gasteiger partial charge in [-0.15, -0.1) is 0 Å². The number of hydrogen-bond donors (Lipinski definition) is 3. The summed E-state index contributed by atoms with van der Waals surface area (Å²) in [5.41, 5.74) is -0.283. The zero-order valence-electron chi connectivity index (χ0n) is 14.9. The van der Waals surface area contributed by atoms with Gasteiger partial charge >= 0.3 is 12.0 Å². The predicted molar refractivity (Wildman–Crippen MR) is 96.4 cm³/mol. The number of nitrogens with zero attached hydrogens (tertiary/aromatic N) is 1. The van der Waals surface area contributed by atoms with Crippen molar-refractivity contribution in [3.05, 3.63) is 40.5 Å². The van der Waals surface area contributed by atoms with Gasteiger partial charge in [0.1, 0.15) is 23.2 Å². The summed E-state index contributed by atoms with van der Waals surface area (Å²) in [6.45, 7) is 5.25. The predicted octanol–water partition coefficient (Wildman–Crippen LogP) is 3.78. The number of aromatic nitrogens is 1. The number of hydrogen-bond acceptors (Lipinski definition) is 5. The second kappa shape index (κ2) is 8.76. The van der Waals surface area contributed by atoms with Crippen molar-refractivity contribution in [2.75, 3.05) is 11.9 Å². The molecule has 2 rings (SSSR count). The number of halogens is 2. The van der Waals surface area contributed by atoms with Crippen molar-refractivity contribution in [2.45, 2.75) is 27.4 Å². The molecular weight excluding hydrogens is 380 g/mol. The van der Waals surface area contributed by atoms with Gasteiger partial charge in [-0.3, -0.25) is 5.32 Å². The Kier molecular flexibility index (Phi) is 6.67. The van der Waals surface area contributed by atoms with Crippen LogP contribution in [0.5, 0.6) is 5.88 Å². The molecule has 0 spiro atoms. The highest BCUT2D eigenvalue weighted by atomic mass is 32.1. The molecule has 2 amide bonds. The highest BCUT2D eigenvalue weighted by molar-refractivity contribution is 7.11. The van der Waals surface area contributed by atoms with E-state index in [0.29, 0.717) is 18.1 Å². The Morgan fingerprint density at radius 1 is 1.30 bits per heavy atom. The largest absolute Gasteiger partial charge is 0.477 e. The van der Waals surface area contributed by atoms with Crippen molar-refractivity contribution in [2.24, 2.45) is 5.92 Å². The molecule has 1 aromatic heterocycles. The van der Waals surface area contributed by atoms with Gasteiger partial charge in [0.05, 0.1) is 0 Å². The highest BCUT2D eigenvalue weighted by Crippen LogP contribution is 2.31. The molecule has 0 fully saturated rings. The lowest BCUT2D eigenvalue weighted by atomic mass is 10.1. The first-order valence-corrected chi connectivity index (χ1v) is 8.81. The van der Waals surface area contributed by atoms with E-state index in [1.54, 1.807) is 0 Å². The van der Waals surface area contributed by atoms with E-state index >= 15 is 0 Å². The molecule has 0 saturated carbocycles. The fourth-order valence-corrected chi connectivity index (χ4v) is 2.76. The van der Waals surface area contributed by atoms with Gasteiger partial charge in [-0.2, -0.15) is 4.37 Å². The third kappa shape index (κ3) is 5.36. The normalized spacial score (nSPS) is 10.7. The first kappa shape index (κ1) is 20.6. The van der Waals surface area contributed by atoms with Crippen LogP contribution in [-0.2, 0) is 6.61 Å². The number of anilines is 1. The van der Waals surface area contributed by atoms with Gasteiger partial charge in [0.25, 0.3) is 0 Å². The van der Waals surface area contributed by atoms with Gasteiger partial charge in [0, 0.05) is 12.1 Å². The summed E-state index contributed by atoms with van der Waals surface area (Å²) in [5, 5.41) is 14.4. The van der Waals surface area contributed by atoms with Crippen LogP contribution < -0.4 is 15.4 Å². The minimum Gasteiger partial charge on any atom is -0.477 e. The molecule has 0 aliphatic heterocycles. The number of carboxylic acids is 1. The van der Waals surface area contributed by atoms with Crippen LogP contribution in [0.3, 0.4) is 0 Å². The molecule has 7 nitrogen and oxygen atoms in total. The van der Waals surface area contributed by atoms with Gasteiger partial charge in [0.15, 0.2) is 5.56 Å². The number of benzene rings is 1. The van der Waals surface area contributed by atoms with Crippen LogP contribution in [-0.4, -0.2) is 28.0 Å². The Balaban J connectivity index is 2.14. The summed E-state index contributed by atoms with van der Waals surface area (Å²) in [6, 6.07) is 1.43. The molecule has 10 heteroatoms. The summed E-state index contributed by atoms with van der Waals surface area (Å²) in [7, 11) is 0. The molecule has 0 aliphatic carbocycles. The van der Waals surface area contributed by atoms with Gasteiger partial charge in [-0.25, -0.2) is 18.4 Å². The molecule has 1 aromatic carbocycles. The Morgan fingerprint density at radius 3 is 2.63 bits per heavy atom. The molecule has 3 N–H and O–H groups in total. The Morgan fingerprint density at radius 2 is 2.00 bits per heavy atom. The maximum absolute atomic E-state index is 13.9. The number of carboxylic acid groups (broad SMARTS) is 1. The molecule has 27 heavy (non-hydrogen) atoms. The number of carbonyl (C=O) groups is 2. The number of rotatable bonds is 7. The zero-order chi connectivity index (χ0) is 20.1. The maximum Gasteiger partial charge on any atom is 0.344 e. The van der Waals surface area contributed by atoms with Gasteiger partial charge < -0.3 is 15.2 Å². The minimum atomic E-state index is -1.37. The zero-order valence-corrected chi connectivity index (χ0v) is 15.7. The van der Waals surface area contributed by atoms with Gasteiger partial charge in [-0.05, 0) is 42.1 Å². The smallest absolute Gasteiger partial charge is 0.344 e. The Bertz CT molecular complexity index is 855. The molecule has 0 radical (unpaired) electrons. The van der Waals surface area contributed by atoms with Crippen molar-refractivity contribution < 1.29 is 28.2 Å². The molecule has 0 unspecified atom stereocenters. The molecule has 2 aromatic rings. The lowest BCUT2D eigenvalue weighted by Crippen LogP contribution is -2.31. The Hall–Kier alpha value is -2.75. The van der Waals surface area contributed by atoms with E-state index in [-0.39, 0.29) is 33.5 Å². The van der Waals surface area contributed by atoms with E-state index < -0.39 is 30.2 Å². The van der Waals surface area contributed by atoms with Crippen LogP contribution in [0, 0.1) is 24.5 Å². The van der Waals surface area contributed by atoms with E-state index in [2.05, 4.69) is 15.0 Å². The molecule has 0 aliphatic rings. The third-order valence-electron chi connectivity index (χ3n) is 3.46. The molecule has 146 valence electrons. The van der Waals surface area contributed by atoms with Crippen LogP contribution in [0.25, 0.3) is 0 Å². The summed E-state index contributed by atoms with van der Waals surface area (Å²) >= 11 is 0.716. The summed E-state index contributed by atoms with van der Waals surface area (Å²) in [6.07, 6.45) is 0. The van der Waals surface area contributed by atoms with Crippen LogP contribution in [0.4, 0.5) is 18.6 Å². The monoisotopic (exact) mass is 399 g/mol. The third-order valence-corrected chi connectivity index (χ3v) is 4.21. The van der Waals surface area contributed by atoms with E-state index in [9.17, 15) is 23.5 Å². The van der Waals surface area contributed by atoms with Crippen LogP contribution in [0.15, 0.2) is 12.1 Å². The molecule has 0 bridgehead atoms. The maximum atomic E-state index is 13.9. The number of amides is 2. The topological polar surface area (TPSA) is 101 Å². The van der Waals surface area contributed by atoms with Crippen molar-refractivity contribution in [3.63, 3.8) is 0 Å². The van der Waals surface area contributed by atoms with E-state index in [1.165, 1.54) is 6.92 Å². The van der Waals surface area contributed by atoms with E-state index in [4.69, 9.17) is 4.74 Å². The molecule has 1 heterocycles. The standard InChI is InChI=1S/C17H19F2N3O4S/c1-8(2)6-20-17(25)21-15-13(16(23)24)14(22-27-15)26-7-10-5-11(18)9(3)4-12(10)19/h4-5,8H,6-7H2,1-3H3,(H,23,24)(H2,20,21,25).